The molecule has 0 radical (unpaired) electrons. The summed E-state index contributed by atoms with van der Waals surface area (Å²) in [6.45, 7) is 5.89. The minimum Gasteiger partial charge on any atom is -0.444 e. The molecule has 0 spiro atoms. The van der Waals surface area contributed by atoms with Crippen molar-refractivity contribution in [3.8, 4) is 0 Å². The lowest BCUT2D eigenvalue weighted by molar-refractivity contribution is -0.140. The number of rotatable bonds is 7. The van der Waals surface area contributed by atoms with E-state index in [1.165, 1.54) is 19.3 Å². The Morgan fingerprint density at radius 1 is 0.970 bits per heavy atom. The van der Waals surface area contributed by atoms with E-state index in [2.05, 4.69) is 16.0 Å². The molecule has 180 valence electrons. The Labute approximate surface area is 196 Å². The summed E-state index contributed by atoms with van der Waals surface area (Å²) < 4.78 is 5.17. The molecule has 0 heterocycles. The summed E-state index contributed by atoms with van der Waals surface area (Å²) in [4.78, 5) is 37.4. The molecule has 7 heteroatoms. The first-order valence-corrected chi connectivity index (χ1v) is 12.2. The minimum absolute atomic E-state index is 0.154. The Bertz CT molecular complexity index is 870. The van der Waals surface area contributed by atoms with Crippen LogP contribution in [-0.2, 0) is 20.9 Å². The minimum atomic E-state index is -0.573. The van der Waals surface area contributed by atoms with Crippen molar-refractivity contribution < 1.29 is 19.1 Å². The average Bonchev–Trinajstić information content (AvgIpc) is 2.71. The van der Waals surface area contributed by atoms with Crippen molar-refractivity contribution in [1.29, 1.82) is 0 Å². The lowest BCUT2D eigenvalue weighted by atomic mass is 9.49. The van der Waals surface area contributed by atoms with Gasteiger partial charge in [-0.3, -0.25) is 9.59 Å². The van der Waals surface area contributed by atoms with Gasteiger partial charge in [0.1, 0.15) is 5.60 Å². The molecule has 4 aliphatic rings. The Morgan fingerprint density at radius 2 is 1.58 bits per heavy atom. The van der Waals surface area contributed by atoms with Gasteiger partial charge in [0.25, 0.3) is 0 Å². The summed E-state index contributed by atoms with van der Waals surface area (Å²) >= 11 is 0. The van der Waals surface area contributed by atoms with Gasteiger partial charge in [-0.1, -0.05) is 18.2 Å². The van der Waals surface area contributed by atoms with Gasteiger partial charge >= 0.3 is 6.09 Å². The van der Waals surface area contributed by atoms with Gasteiger partial charge in [0.15, 0.2) is 0 Å². The molecule has 0 aliphatic heterocycles. The normalized spacial score (nSPS) is 27.7. The molecule has 4 saturated carbocycles. The van der Waals surface area contributed by atoms with Crippen LogP contribution in [0.1, 0.15) is 71.3 Å². The third-order valence-corrected chi connectivity index (χ3v) is 7.28. The monoisotopic (exact) mass is 455 g/mol. The van der Waals surface area contributed by atoms with E-state index >= 15 is 0 Å². The van der Waals surface area contributed by atoms with E-state index in [1.807, 2.05) is 24.3 Å². The van der Waals surface area contributed by atoms with Crippen LogP contribution in [0.2, 0.25) is 0 Å². The molecule has 5 rings (SSSR count). The van der Waals surface area contributed by atoms with Crippen LogP contribution in [0.3, 0.4) is 0 Å². The molecule has 4 fully saturated rings. The Morgan fingerprint density at radius 3 is 2.18 bits per heavy atom. The molecular weight excluding hydrogens is 418 g/mol. The number of hydrogen-bond donors (Lipinski definition) is 3. The lowest BCUT2D eigenvalue weighted by Gasteiger charge is -2.55. The largest absolute Gasteiger partial charge is 0.444 e. The molecule has 0 saturated heterocycles. The molecule has 4 bridgehead atoms. The fourth-order valence-electron chi connectivity index (χ4n) is 6.31. The fourth-order valence-corrected chi connectivity index (χ4v) is 6.31. The average molecular weight is 456 g/mol. The number of carbonyl (C=O) groups is 3. The molecule has 4 aliphatic carbocycles. The second-order valence-corrected chi connectivity index (χ2v) is 11.3. The number of anilines is 1. The maximum Gasteiger partial charge on any atom is 0.407 e. The van der Waals surface area contributed by atoms with Crippen LogP contribution in [0.4, 0.5) is 10.5 Å². The van der Waals surface area contributed by atoms with Crippen LogP contribution in [0, 0.1) is 23.2 Å². The number of alkyl carbamates (subject to hydrolysis) is 1. The maximum absolute atomic E-state index is 13.4. The van der Waals surface area contributed by atoms with Crippen molar-refractivity contribution in [2.45, 2.75) is 77.9 Å². The summed E-state index contributed by atoms with van der Waals surface area (Å²) in [5.74, 6) is 2.12. The molecule has 3 N–H and O–H groups in total. The van der Waals surface area contributed by atoms with Crippen LogP contribution in [0.5, 0.6) is 0 Å². The second-order valence-electron chi connectivity index (χ2n) is 11.3. The smallest absolute Gasteiger partial charge is 0.407 e. The fraction of sp³-hybridized carbons (Fsp3) is 0.654. The summed E-state index contributed by atoms with van der Waals surface area (Å²) in [6, 6.07) is 7.65. The third kappa shape index (κ3) is 5.87. The van der Waals surface area contributed by atoms with Crippen molar-refractivity contribution in [1.82, 2.24) is 10.6 Å². The highest BCUT2D eigenvalue weighted by Gasteiger charge is 2.54. The number of nitrogens with one attached hydrogen (secondary N) is 3. The SMILES string of the molecule is CC(C)(C)OC(=O)NCCC(=O)NCc1ccccc1NC(=O)C12CC3CC(CC(C3)C1)C2. The van der Waals surface area contributed by atoms with E-state index in [1.54, 1.807) is 20.8 Å². The van der Waals surface area contributed by atoms with Gasteiger partial charge in [-0.05, 0) is 88.7 Å². The van der Waals surface area contributed by atoms with Gasteiger partial charge in [0.2, 0.25) is 11.8 Å². The van der Waals surface area contributed by atoms with Crippen LogP contribution < -0.4 is 16.0 Å². The van der Waals surface area contributed by atoms with Crippen LogP contribution >= 0.6 is 0 Å². The summed E-state index contributed by atoms with van der Waals surface area (Å²) in [6.07, 6.45) is 6.60. The Hall–Kier alpha value is -2.57. The number of hydrogen-bond acceptors (Lipinski definition) is 4. The highest BCUT2D eigenvalue weighted by molar-refractivity contribution is 5.96. The van der Waals surface area contributed by atoms with Crippen LogP contribution in [-0.4, -0.2) is 30.1 Å². The second kappa shape index (κ2) is 9.35. The van der Waals surface area contributed by atoms with Gasteiger partial charge in [0.05, 0.1) is 5.41 Å². The van der Waals surface area contributed by atoms with Gasteiger partial charge < -0.3 is 20.7 Å². The van der Waals surface area contributed by atoms with E-state index < -0.39 is 11.7 Å². The summed E-state index contributed by atoms with van der Waals surface area (Å²) in [7, 11) is 0. The van der Waals surface area contributed by atoms with E-state index in [9.17, 15) is 14.4 Å². The summed E-state index contributed by atoms with van der Waals surface area (Å²) in [5.41, 5.74) is 0.865. The maximum atomic E-state index is 13.4. The van der Waals surface area contributed by atoms with Crippen molar-refractivity contribution in [3.05, 3.63) is 29.8 Å². The van der Waals surface area contributed by atoms with Gasteiger partial charge in [-0.15, -0.1) is 0 Å². The van der Waals surface area contributed by atoms with Crippen molar-refractivity contribution >= 4 is 23.6 Å². The molecule has 1 aromatic carbocycles. The zero-order chi connectivity index (χ0) is 23.6. The van der Waals surface area contributed by atoms with Crippen molar-refractivity contribution in [2.75, 3.05) is 11.9 Å². The quantitative estimate of drug-likeness (QED) is 0.569. The zero-order valence-corrected chi connectivity index (χ0v) is 20.0. The first-order chi connectivity index (χ1) is 15.6. The topological polar surface area (TPSA) is 96.5 Å². The number of carbonyl (C=O) groups excluding carboxylic acids is 3. The highest BCUT2D eigenvalue weighted by Crippen LogP contribution is 2.60. The predicted octanol–water partition coefficient (Wildman–Crippen LogP) is 4.37. The van der Waals surface area contributed by atoms with E-state index in [4.69, 9.17) is 4.74 Å². The number of amides is 3. The van der Waals surface area contributed by atoms with Crippen LogP contribution in [0.25, 0.3) is 0 Å². The highest BCUT2D eigenvalue weighted by atomic mass is 16.6. The lowest BCUT2D eigenvalue weighted by Crippen LogP contribution is -2.51. The third-order valence-electron chi connectivity index (χ3n) is 7.28. The first kappa shape index (κ1) is 23.6. The van der Waals surface area contributed by atoms with Crippen molar-refractivity contribution in [3.63, 3.8) is 0 Å². The molecule has 0 aromatic heterocycles. The number of para-hydroxylation sites is 1. The van der Waals surface area contributed by atoms with Gasteiger partial charge in [-0.25, -0.2) is 4.79 Å². The number of ether oxygens (including phenoxy) is 1. The summed E-state index contributed by atoms with van der Waals surface area (Å²) in [5, 5.41) is 8.68. The van der Waals surface area contributed by atoms with Crippen molar-refractivity contribution in [2.24, 2.45) is 23.2 Å². The molecule has 0 atom stereocenters. The molecular formula is C26H37N3O4. The van der Waals surface area contributed by atoms with Gasteiger partial charge in [-0.2, -0.15) is 0 Å². The Balaban J connectivity index is 1.28. The molecule has 7 nitrogen and oxygen atoms in total. The molecule has 1 aromatic rings. The molecule has 3 amide bonds. The van der Waals surface area contributed by atoms with Crippen LogP contribution in [0.15, 0.2) is 24.3 Å². The predicted molar refractivity (Wildman–Crippen MR) is 126 cm³/mol. The molecule has 33 heavy (non-hydrogen) atoms. The standard InChI is InChI=1S/C26H37N3O4/c1-25(2,3)33-24(32)27-9-8-22(30)28-16-20-6-4-5-7-21(20)29-23(31)26-13-17-10-18(14-26)12-19(11-17)15-26/h4-7,17-19H,8-16H2,1-3H3,(H,27,32)(H,28,30)(H,29,31). The van der Waals surface area contributed by atoms with E-state index in [0.717, 1.165) is 30.5 Å². The van der Waals surface area contributed by atoms with E-state index in [0.29, 0.717) is 24.3 Å². The van der Waals surface area contributed by atoms with E-state index in [-0.39, 0.29) is 30.2 Å². The first-order valence-electron chi connectivity index (χ1n) is 12.2. The van der Waals surface area contributed by atoms with Gasteiger partial charge in [0, 0.05) is 25.2 Å². The Kier molecular flexibility index (Phi) is 6.68. The molecule has 0 unspecified atom stereocenters. The zero-order valence-electron chi connectivity index (χ0n) is 20.0. The number of benzene rings is 1.